The molecule has 0 saturated heterocycles. The lowest BCUT2D eigenvalue weighted by Crippen LogP contribution is -2.49. The average molecular weight is 426 g/mol. The van der Waals surface area contributed by atoms with Crippen LogP contribution in [0.1, 0.15) is 64.2 Å². The molecule has 0 aliphatic heterocycles. The molecule has 0 aliphatic rings. The van der Waals surface area contributed by atoms with Crippen molar-refractivity contribution in [3.63, 3.8) is 0 Å². The molecule has 1 unspecified atom stereocenters. The van der Waals surface area contributed by atoms with Crippen LogP contribution in [0.4, 0.5) is 0 Å². The van der Waals surface area contributed by atoms with Gasteiger partial charge in [-0.3, -0.25) is 9.59 Å². The summed E-state index contributed by atoms with van der Waals surface area (Å²) in [6.07, 6.45) is 2.99. The molecule has 0 fully saturated rings. The molecule has 2 N–H and O–H groups in total. The quantitative estimate of drug-likeness (QED) is 0.503. The van der Waals surface area contributed by atoms with Crippen molar-refractivity contribution in [1.29, 1.82) is 0 Å². The van der Waals surface area contributed by atoms with E-state index in [9.17, 15) is 18.0 Å². The van der Waals surface area contributed by atoms with Crippen molar-refractivity contribution in [1.82, 2.24) is 14.9 Å². The van der Waals surface area contributed by atoms with Crippen molar-refractivity contribution in [3.05, 3.63) is 29.8 Å². The van der Waals surface area contributed by atoms with Gasteiger partial charge in [0.1, 0.15) is 6.04 Å². The maximum atomic E-state index is 12.7. The zero-order valence-electron chi connectivity index (χ0n) is 18.2. The SMILES string of the molecule is CCCCCNC(=O)C(NC(=O)c1cccc(S(=O)(=O)N(CC)CC)c1)C(C)C. The van der Waals surface area contributed by atoms with E-state index in [1.807, 2.05) is 13.8 Å². The summed E-state index contributed by atoms with van der Waals surface area (Å²) < 4.78 is 26.8. The molecule has 0 spiro atoms. The Labute approximate surface area is 175 Å². The van der Waals surface area contributed by atoms with Crippen LogP contribution in [0.3, 0.4) is 0 Å². The Morgan fingerprint density at radius 1 is 1.07 bits per heavy atom. The van der Waals surface area contributed by atoms with Crippen LogP contribution in [0.2, 0.25) is 0 Å². The van der Waals surface area contributed by atoms with Gasteiger partial charge in [0.05, 0.1) is 4.90 Å². The molecule has 164 valence electrons. The Kier molecular flexibility index (Phi) is 10.3. The second kappa shape index (κ2) is 11.9. The lowest BCUT2D eigenvalue weighted by atomic mass is 10.0. The molecule has 0 bridgehead atoms. The van der Waals surface area contributed by atoms with Gasteiger partial charge >= 0.3 is 0 Å². The van der Waals surface area contributed by atoms with Gasteiger partial charge in [0.2, 0.25) is 15.9 Å². The molecule has 1 aromatic rings. The second-order valence-corrected chi connectivity index (χ2v) is 9.25. The van der Waals surface area contributed by atoms with Gasteiger partial charge in [-0.25, -0.2) is 8.42 Å². The number of sulfonamides is 1. The number of carbonyl (C=O) groups is 2. The highest BCUT2D eigenvalue weighted by atomic mass is 32.2. The number of amides is 2. The van der Waals surface area contributed by atoms with Crippen LogP contribution in [0.15, 0.2) is 29.2 Å². The number of nitrogens with one attached hydrogen (secondary N) is 2. The van der Waals surface area contributed by atoms with Crippen molar-refractivity contribution in [2.45, 2.75) is 64.8 Å². The minimum absolute atomic E-state index is 0.0685. The topological polar surface area (TPSA) is 95.6 Å². The smallest absolute Gasteiger partial charge is 0.251 e. The average Bonchev–Trinajstić information content (AvgIpc) is 2.69. The van der Waals surface area contributed by atoms with E-state index in [-0.39, 0.29) is 22.3 Å². The first kappa shape index (κ1) is 25.1. The molecule has 8 heteroatoms. The van der Waals surface area contributed by atoms with Crippen molar-refractivity contribution >= 4 is 21.8 Å². The van der Waals surface area contributed by atoms with Gasteiger partial charge in [0.25, 0.3) is 5.91 Å². The maximum absolute atomic E-state index is 12.7. The highest BCUT2D eigenvalue weighted by molar-refractivity contribution is 7.89. The van der Waals surface area contributed by atoms with Gasteiger partial charge < -0.3 is 10.6 Å². The van der Waals surface area contributed by atoms with Crippen LogP contribution in [-0.2, 0) is 14.8 Å². The van der Waals surface area contributed by atoms with Gasteiger partial charge in [-0.05, 0) is 30.5 Å². The van der Waals surface area contributed by atoms with Crippen LogP contribution in [-0.4, -0.2) is 50.2 Å². The minimum atomic E-state index is -3.66. The van der Waals surface area contributed by atoms with E-state index in [0.717, 1.165) is 19.3 Å². The lowest BCUT2D eigenvalue weighted by molar-refractivity contribution is -0.123. The van der Waals surface area contributed by atoms with E-state index in [1.165, 1.54) is 16.4 Å². The van der Waals surface area contributed by atoms with Crippen molar-refractivity contribution in [2.75, 3.05) is 19.6 Å². The van der Waals surface area contributed by atoms with E-state index in [1.54, 1.807) is 26.0 Å². The lowest BCUT2D eigenvalue weighted by Gasteiger charge is -2.22. The van der Waals surface area contributed by atoms with Crippen molar-refractivity contribution in [3.8, 4) is 0 Å². The number of benzene rings is 1. The van der Waals surface area contributed by atoms with E-state index in [4.69, 9.17) is 0 Å². The fourth-order valence-electron chi connectivity index (χ4n) is 2.97. The third-order valence-corrected chi connectivity index (χ3v) is 6.80. The van der Waals surface area contributed by atoms with Gasteiger partial charge in [0.15, 0.2) is 0 Å². The van der Waals surface area contributed by atoms with Gasteiger partial charge in [-0.2, -0.15) is 4.31 Å². The summed E-state index contributed by atoms with van der Waals surface area (Å²) in [6, 6.07) is 5.24. The summed E-state index contributed by atoms with van der Waals surface area (Å²) >= 11 is 0. The Balaban J connectivity index is 2.95. The minimum Gasteiger partial charge on any atom is -0.354 e. The summed E-state index contributed by atoms with van der Waals surface area (Å²) in [6.45, 7) is 10.6. The third-order valence-electron chi connectivity index (χ3n) is 4.75. The number of carbonyl (C=O) groups excluding carboxylic acids is 2. The van der Waals surface area contributed by atoms with Crippen LogP contribution < -0.4 is 10.6 Å². The van der Waals surface area contributed by atoms with E-state index < -0.39 is 22.0 Å². The largest absolute Gasteiger partial charge is 0.354 e. The van der Waals surface area contributed by atoms with Gasteiger partial charge in [-0.1, -0.05) is 53.5 Å². The Bertz CT molecular complexity index is 774. The first-order valence-corrected chi connectivity index (χ1v) is 11.8. The fourth-order valence-corrected chi connectivity index (χ4v) is 4.47. The number of unbranched alkanes of at least 4 members (excludes halogenated alkanes) is 2. The van der Waals surface area contributed by atoms with Crippen LogP contribution in [0.5, 0.6) is 0 Å². The summed E-state index contributed by atoms with van der Waals surface area (Å²) in [5, 5.41) is 5.62. The molecule has 0 saturated carbocycles. The standard InChI is InChI=1S/C21H35N3O4S/c1-6-9-10-14-22-21(26)19(16(4)5)23-20(25)17-12-11-13-18(15-17)29(27,28)24(7-2)8-3/h11-13,15-16,19H,6-10,14H2,1-5H3,(H,22,26)(H,23,25). The Morgan fingerprint density at radius 3 is 2.28 bits per heavy atom. The highest BCUT2D eigenvalue weighted by Gasteiger charge is 2.26. The molecular weight excluding hydrogens is 390 g/mol. The summed E-state index contributed by atoms with van der Waals surface area (Å²) in [5.74, 6) is -0.798. The third kappa shape index (κ3) is 7.12. The predicted octanol–water partition coefficient (Wildman–Crippen LogP) is 2.78. The molecule has 2 amide bonds. The van der Waals surface area contributed by atoms with Crippen LogP contribution >= 0.6 is 0 Å². The molecule has 1 rings (SSSR count). The Morgan fingerprint density at radius 2 is 1.72 bits per heavy atom. The van der Waals surface area contributed by atoms with Gasteiger partial charge in [-0.15, -0.1) is 0 Å². The van der Waals surface area contributed by atoms with E-state index in [0.29, 0.717) is 19.6 Å². The molecule has 0 heterocycles. The first-order chi connectivity index (χ1) is 13.7. The number of rotatable bonds is 12. The van der Waals surface area contributed by atoms with E-state index >= 15 is 0 Å². The van der Waals surface area contributed by atoms with Gasteiger partial charge in [0, 0.05) is 25.2 Å². The van der Waals surface area contributed by atoms with Crippen molar-refractivity contribution < 1.29 is 18.0 Å². The molecular formula is C21H35N3O4S. The summed E-state index contributed by atoms with van der Waals surface area (Å²) in [7, 11) is -3.66. The highest BCUT2D eigenvalue weighted by Crippen LogP contribution is 2.17. The second-order valence-electron chi connectivity index (χ2n) is 7.31. The number of nitrogens with zero attached hydrogens (tertiary/aromatic N) is 1. The first-order valence-electron chi connectivity index (χ1n) is 10.4. The number of hydrogen-bond donors (Lipinski definition) is 2. The van der Waals surface area contributed by atoms with E-state index in [2.05, 4.69) is 17.6 Å². The van der Waals surface area contributed by atoms with Crippen LogP contribution in [0.25, 0.3) is 0 Å². The molecule has 0 aromatic heterocycles. The monoisotopic (exact) mass is 425 g/mol. The zero-order chi connectivity index (χ0) is 22.0. The fraction of sp³-hybridized carbons (Fsp3) is 0.619. The van der Waals surface area contributed by atoms with Crippen LogP contribution in [0, 0.1) is 5.92 Å². The molecule has 0 aliphatic carbocycles. The molecule has 0 radical (unpaired) electrons. The molecule has 7 nitrogen and oxygen atoms in total. The van der Waals surface area contributed by atoms with Crippen molar-refractivity contribution in [2.24, 2.45) is 5.92 Å². The summed E-state index contributed by atoms with van der Waals surface area (Å²) in [5.41, 5.74) is 0.211. The molecule has 1 aromatic carbocycles. The predicted molar refractivity (Wildman–Crippen MR) is 115 cm³/mol. The summed E-state index contributed by atoms with van der Waals surface area (Å²) in [4.78, 5) is 25.3. The molecule has 29 heavy (non-hydrogen) atoms. The zero-order valence-corrected chi connectivity index (χ0v) is 19.0. The maximum Gasteiger partial charge on any atom is 0.251 e. The normalized spacial score (nSPS) is 12.8. The Hall–Kier alpha value is -1.93. The molecule has 1 atom stereocenters. The number of hydrogen-bond acceptors (Lipinski definition) is 4.